The number of rotatable bonds is 8. The highest BCUT2D eigenvalue weighted by molar-refractivity contribution is 8.00. The second-order valence-electron chi connectivity index (χ2n) is 5.10. The van der Waals surface area contributed by atoms with E-state index in [1.54, 1.807) is 25.1 Å². The van der Waals surface area contributed by atoms with Gasteiger partial charge in [-0.3, -0.25) is 9.59 Å². The molecule has 2 unspecified atom stereocenters. The zero-order chi connectivity index (χ0) is 17.4. The Morgan fingerprint density at radius 2 is 2.25 bits per heavy atom. The van der Waals surface area contributed by atoms with Gasteiger partial charge in [-0.1, -0.05) is 29.8 Å². The fourth-order valence-electron chi connectivity index (χ4n) is 2.22. The molecule has 1 aliphatic rings. The molecule has 1 aromatic rings. The van der Waals surface area contributed by atoms with Crippen LogP contribution < -0.4 is 21.7 Å². The van der Waals surface area contributed by atoms with Crippen LogP contribution in [-0.4, -0.2) is 36.2 Å². The van der Waals surface area contributed by atoms with Crippen LogP contribution in [0.4, 0.5) is 0 Å². The summed E-state index contributed by atoms with van der Waals surface area (Å²) in [5.74, 6) is -0.269. The third-order valence-corrected chi connectivity index (χ3v) is 4.78. The van der Waals surface area contributed by atoms with Crippen molar-refractivity contribution in [2.24, 2.45) is 0 Å². The monoisotopic (exact) mass is 372 g/mol. The van der Waals surface area contributed by atoms with Gasteiger partial charge >= 0.3 is 5.97 Å². The normalized spacial score (nSPS) is 18.2. The second kappa shape index (κ2) is 9.85. The number of ether oxygens (including phenoxy) is 1. The zero-order valence-corrected chi connectivity index (χ0v) is 14.9. The van der Waals surface area contributed by atoms with Crippen LogP contribution in [0.5, 0.6) is 0 Å². The van der Waals surface area contributed by atoms with Crippen molar-refractivity contribution < 1.29 is 14.3 Å². The number of carbonyl (C=O) groups excluding carboxylic acids is 2. The third kappa shape index (κ3) is 5.95. The van der Waals surface area contributed by atoms with Gasteiger partial charge in [0, 0.05) is 11.6 Å². The number of thioether (sulfide) groups is 1. The van der Waals surface area contributed by atoms with Crippen molar-refractivity contribution in [3.63, 3.8) is 0 Å². The van der Waals surface area contributed by atoms with E-state index in [1.165, 1.54) is 11.8 Å². The van der Waals surface area contributed by atoms with Crippen LogP contribution in [0.2, 0.25) is 5.02 Å². The van der Waals surface area contributed by atoms with Gasteiger partial charge in [-0.25, -0.2) is 10.9 Å². The molecule has 1 heterocycles. The Bertz CT molecular complexity index is 569. The minimum Gasteiger partial charge on any atom is -0.466 e. The maximum absolute atomic E-state index is 12.2. The van der Waals surface area contributed by atoms with E-state index in [9.17, 15) is 9.59 Å². The van der Waals surface area contributed by atoms with Gasteiger partial charge in [-0.15, -0.1) is 11.8 Å². The van der Waals surface area contributed by atoms with Crippen LogP contribution in [-0.2, 0) is 14.3 Å². The van der Waals surface area contributed by atoms with Crippen molar-refractivity contribution in [2.45, 2.75) is 24.8 Å². The van der Waals surface area contributed by atoms with Crippen molar-refractivity contribution in [3.05, 3.63) is 34.9 Å². The summed E-state index contributed by atoms with van der Waals surface area (Å²) in [5.41, 5.74) is 9.38. The lowest BCUT2D eigenvalue weighted by molar-refractivity contribution is -0.143. The first kappa shape index (κ1) is 19.0. The summed E-state index contributed by atoms with van der Waals surface area (Å²) in [6, 6.07) is 6.64. The van der Waals surface area contributed by atoms with Crippen LogP contribution in [0.15, 0.2) is 24.3 Å². The highest BCUT2D eigenvalue weighted by atomic mass is 35.5. The largest absolute Gasteiger partial charge is 0.466 e. The summed E-state index contributed by atoms with van der Waals surface area (Å²) in [6.07, 6.45) is 0.0404. The van der Waals surface area contributed by atoms with Crippen LogP contribution in [0, 0.1) is 0 Å². The van der Waals surface area contributed by atoms with E-state index in [0.717, 1.165) is 0 Å². The molecule has 7 nitrogen and oxygen atoms in total. The van der Waals surface area contributed by atoms with Crippen LogP contribution in [0.1, 0.15) is 24.9 Å². The lowest BCUT2D eigenvalue weighted by Gasteiger charge is -2.20. The van der Waals surface area contributed by atoms with Crippen LogP contribution >= 0.6 is 23.4 Å². The molecule has 0 radical (unpaired) electrons. The van der Waals surface area contributed by atoms with Gasteiger partial charge in [0.2, 0.25) is 5.91 Å². The van der Waals surface area contributed by atoms with Gasteiger partial charge in [0.25, 0.3) is 0 Å². The van der Waals surface area contributed by atoms with Crippen LogP contribution in [0.25, 0.3) is 0 Å². The summed E-state index contributed by atoms with van der Waals surface area (Å²) in [5, 5.41) is 3.49. The number of esters is 1. The molecule has 9 heteroatoms. The Morgan fingerprint density at radius 1 is 1.46 bits per heavy atom. The number of amides is 1. The van der Waals surface area contributed by atoms with E-state index in [2.05, 4.69) is 21.7 Å². The molecule has 0 bridgehead atoms. The van der Waals surface area contributed by atoms with Gasteiger partial charge in [-0.2, -0.15) is 5.53 Å². The molecule has 1 aliphatic heterocycles. The SMILES string of the molecule is CCOC(=O)CC(NC(=O)CSC1CNNN1)c1ccccc1Cl. The van der Waals surface area contributed by atoms with E-state index >= 15 is 0 Å². The van der Waals surface area contributed by atoms with Gasteiger partial charge in [-0.05, 0) is 18.6 Å². The molecule has 1 aromatic carbocycles. The topological polar surface area (TPSA) is 91.5 Å². The van der Waals surface area contributed by atoms with E-state index in [-0.39, 0.29) is 29.4 Å². The number of hydrogen-bond acceptors (Lipinski definition) is 7. The minimum atomic E-state index is -0.515. The van der Waals surface area contributed by atoms with Gasteiger partial charge in [0.05, 0.1) is 30.2 Å². The molecule has 0 aromatic heterocycles. The number of carbonyl (C=O) groups is 2. The van der Waals surface area contributed by atoms with E-state index in [4.69, 9.17) is 16.3 Å². The molecular weight excluding hydrogens is 352 g/mol. The first-order chi connectivity index (χ1) is 11.6. The lowest BCUT2D eigenvalue weighted by Crippen LogP contribution is -2.35. The van der Waals surface area contributed by atoms with Gasteiger partial charge in [0.15, 0.2) is 0 Å². The molecule has 132 valence electrons. The Hall–Kier alpha value is -1.32. The van der Waals surface area contributed by atoms with E-state index in [0.29, 0.717) is 23.7 Å². The summed E-state index contributed by atoms with van der Waals surface area (Å²) in [4.78, 5) is 24.1. The number of hydrogen-bond donors (Lipinski definition) is 4. The fraction of sp³-hybridized carbons (Fsp3) is 0.467. The molecule has 2 atom stereocenters. The fourth-order valence-corrected chi connectivity index (χ4v) is 3.27. The lowest BCUT2D eigenvalue weighted by atomic mass is 10.0. The maximum Gasteiger partial charge on any atom is 0.308 e. The predicted octanol–water partition coefficient (Wildman–Crippen LogP) is 1.12. The Labute approximate surface area is 150 Å². The zero-order valence-electron chi connectivity index (χ0n) is 13.3. The molecule has 2 rings (SSSR count). The quantitative estimate of drug-likeness (QED) is 0.508. The summed E-state index contributed by atoms with van der Waals surface area (Å²) in [7, 11) is 0. The molecule has 1 saturated heterocycles. The molecule has 24 heavy (non-hydrogen) atoms. The standard InChI is InChI=1S/C15H21ClN4O3S/c1-2-23-15(22)7-12(10-5-3-4-6-11(10)16)18-13(21)9-24-14-8-17-20-19-14/h3-6,12,14,17,19-20H,2,7-9H2,1H3,(H,18,21). The van der Waals surface area contributed by atoms with Crippen molar-refractivity contribution in [3.8, 4) is 0 Å². The van der Waals surface area contributed by atoms with Crippen molar-refractivity contribution in [2.75, 3.05) is 18.9 Å². The number of halogens is 1. The molecule has 0 saturated carbocycles. The Balaban J connectivity index is 1.97. The van der Waals surface area contributed by atoms with Crippen molar-refractivity contribution in [1.82, 2.24) is 21.7 Å². The van der Waals surface area contributed by atoms with Crippen molar-refractivity contribution >= 4 is 35.2 Å². The molecule has 1 amide bonds. The molecule has 0 aliphatic carbocycles. The molecule has 1 fully saturated rings. The molecule has 0 spiro atoms. The summed E-state index contributed by atoms with van der Waals surface area (Å²) < 4.78 is 4.99. The Morgan fingerprint density at radius 3 is 2.92 bits per heavy atom. The molecular formula is C15H21ClN4O3S. The van der Waals surface area contributed by atoms with E-state index < -0.39 is 6.04 Å². The first-order valence-electron chi connectivity index (χ1n) is 7.64. The average molecular weight is 373 g/mol. The third-order valence-electron chi connectivity index (χ3n) is 3.32. The highest BCUT2D eigenvalue weighted by Crippen LogP contribution is 2.25. The first-order valence-corrected chi connectivity index (χ1v) is 9.07. The average Bonchev–Trinajstić information content (AvgIpc) is 3.06. The summed E-state index contributed by atoms with van der Waals surface area (Å²) in [6.45, 7) is 2.76. The van der Waals surface area contributed by atoms with Crippen molar-refractivity contribution in [1.29, 1.82) is 0 Å². The highest BCUT2D eigenvalue weighted by Gasteiger charge is 2.22. The number of nitrogens with one attached hydrogen (secondary N) is 4. The molecule has 4 N–H and O–H groups in total. The van der Waals surface area contributed by atoms with Gasteiger partial charge in [0.1, 0.15) is 0 Å². The smallest absolute Gasteiger partial charge is 0.308 e. The predicted molar refractivity (Wildman–Crippen MR) is 94.1 cm³/mol. The van der Waals surface area contributed by atoms with Crippen LogP contribution in [0.3, 0.4) is 0 Å². The Kier molecular flexibility index (Phi) is 7.80. The second-order valence-corrected chi connectivity index (χ2v) is 6.70. The van der Waals surface area contributed by atoms with E-state index in [1.807, 2.05) is 6.07 Å². The number of hydrazine groups is 2. The summed E-state index contributed by atoms with van der Waals surface area (Å²) >= 11 is 7.67. The van der Waals surface area contributed by atoms with Gasteiger partial charge < -0.3 is 10.1 Å². The maximum atomic E-state index is 12.2. The number of benzene rings is 1. The minimum absolute atomic E-state index is 0.0404.